The first-order valence-electron chi connectivity index (χ1n) is 15.8. The van der Waals surface area contributed by atoms with E-state index in [1.807, 2.05) is 36.5 Å². The van der Waals surface area contributed by atoms with Gasteiger partial charge in [0.1, 0.15) is 5.82 Å². The number of nitrogen functional groups attached to an aromatic ring is 1. The van der Waals surface area contributed by atoms with Crippen molar-refractivity contribution in [3.8, 4) is 11.5 Å². The molecule has 6 atom stereocenters. The van der Waals surface area contributed by atoms with Gasteiger partial charge in [0.25, 0.3) is 0 Å². The van der Waals surface area contributed by atoms with E-state index in [1.165, 1.54) is 25.7 Å². The number of pyridine rings is 1. The quantitative estimate of drug-likeness (QED) is 0.153. The van der Waals surface area contributed by atoms with Crippen LogP contribution < -0.4 is 10.5 Å². The standard InChI is InChI=1S/C35H47N3O4/c36-35-22-27(14-17-38-35)28(21-30-9-4-16-37-30)15-18-42-34-19-24(11-13-32(34)40)10-12-31(39)23-33(41)29-8-3-7-25-5-1-2-6-26(25)20-29/h2,4,6,9,11,13-14,16-17,19,22,25-26,28-29,31,33,37,39-41H,1,3,5,7-8,10,12,15,18,20-21,23H2,(H2,36,38)/t25-,26+,28+,29+,31+,33+/m0/s1. The van der Waals surface area contributed by atoms with E-state index in [0.717, 1.165) is 48.4 Å². The highest BCUT2D eigenvalue weighted by Gasteiger charge is 2.31. The maximum Gasteiger partial charge on any atom is 0.161 e. The van der Waals surface area contributed by atoms with E-state index in [9.17, 15) is 15.3 Å². The number of hydrogen-bond donors (Lipinski definition) is 5. The number of rotatable bonds is 13. The molecule has 0 bridgehead atoms. The van der Waals surface area contributed by atoms with Crippen molar-refractivity contribution in [3.05, 3.63) is 83.8 Å². The zero-order valence-corrected chi connectivity index (χ0v) is 24.6. The molecule has 7 nitrogen and oxygen atoms in total. The van der Waals surface area contributed by atoms with Crippen LogP contribution in [0.4, 0.5) is 5.82 Å². The number of aromatic amines is 1. The largest absolute Gasteiger partial charge is 0.504 e. The number of allylic oxidation sites excluding steroid dienone is 2. The number of fused-ring (bicyclic) bond motifs is 1. The fourth-order valence-electron chi connectivity index (χ4n) is 6.97. The van der Waals surface area contributed by atoms with E-state index >= 15 is 0 Å². The topological polar surface area (TPSA) is 125 Å². The molecule has 42 heavy (non-hydrogen) atoms. The van der Waals surface area contributed by atoms with E-state index in [4.69, 9.17) is 10.5 Å². The predicted molar refractivity (Wildman–Crippen MR) is 166 cm³/mol. The molecule has 2 aliphatic carbocycles. The zero-order valence-electron chi connectivity index (χ0n) is 24.6. The third kappa shape index (κ3) is 8.39. The van der Waals surface area contributed by atoms with Gasteiger partial charge in [-0.3, -0.25) is 0 Å². The summed E-state index contributed by atoms with van der Waals surface area (Å²) in [5.41, 5.74) is 9.19. The van der Waals surface area contributed by atoms with Crippen molar-refractivity contribution in [2.75, 3.05) is 12.3 Å². The van der Waals surface area contributed by atoms with Crippen LogP contribution in [0.15, 0.2) is 67.0 Å². The number of anilines is 1. The average Bonchev–Trinajstić information content (AvgIpc) is 3.40. The van der Waals surface area contributed by atoms with Gasteiger partial charge in [-0.1, -0.05) is 24.6 Å². The average molecular weight is 574 g/mol. The van der Waals surface area contributed by atoms with Crippen LogP contribution in [0.2, 0.25) is 0 Å². The van der Waals surface area contributed by atoms with Gasteiger partial charge in [0.2, 0.25) is 0 Å². The first-order valence-corrected chi connectivity index (χ1v) is 15.8. The zero-order chi connectivity index (χ0) is 29.3. The second-order valence-electron chi connectivity index (χ2n) is 12.4. The van der Waals surface area contributed by atoms with E-state index in [-0.39, 0.29) is 17.6 Å². The van der Waals surface area contributed by atoms with E-state index in [2.05, 4.69) is 28.2 Å². The number of aliphatic hydroxyl groups is 2. The van der Waals surface area contributed by atoms with Crippen molar-refractivity contribution < 1.29 is 20.1 Å². The lowest BCUT2D eigenvalue weighted by Crippen LogP contribution is -2.28. The predicted octanol–water partition coefficient (Wildman–Crippen LogP) is 6.31. The summed E-state index contributed by atoms with van der Waals surface area (Å²) in [6, 6.07) is 13.4. The molecular weight excluding hydrogens is 526 g/mol. The molecule has 5 rings (SSSR count). The minimum atomic E-state index is -0.569. The fraction of sp³-hybridized carbons (Fsp3) is 0.514. The lowest BCUT2D eigenvalue weighted by molar-refractivity contribution is 0.0321. The maximum atomic E-state index is 11.0. The smallest absolute Gasteiger partial charge is 0.161 e. The van der Waals surface area contributed by atoms with Crippen molar-refractivity contribution in [2.45, 2.75) is 88.8 Å². The Morgan fingerprint density at radius 3 is 2.81 bits per heavy atom. The van der Waals surface area contributed by atoms with Crippen molar-refractivity contribution in [3.63, 3.8) is 0 Å². The molecule has 2 aliphatic rings. The molecule has 1 saturated carbocycles. The van der Waals surface area contributed by atoms with Gasteiger partial charge in [-0.2, -0.15) is 0 Å². The number of phenols is 1. The van der Waals surface area contributed by atoms with E-state index < -0.39 is 12.2 Å². The Morgan fingerprint density at radius 2 is 1.98 bits per heavy atom. The van der Waals surface area contributed by atoms with Crippen molar-refractivity contribution in [2.24, 2.45) is 17.8 Å². The van der Waals surface area contributed by atoms with Crippen molar-refractivity contribution >= 4 is 5.82 Å². The van der Waals surface area contributed by atoms with Gasteiger partial charge in [-0.05, 0) is 135 Å². The Kier molecular flexibility index (Phi) is 10.6. The second kappa shape index (κ2) is 14.7. The van der Waals surface area contributed by atoms with E-state index in [0.29, 0.717) is 43.4 Å². The lowest BCUT2D eigenvalue weighted by Gasteiger charge is -2.29. The molecule has 7 heteroatoms. The number of aryl methyl sites for hydroxylation is 1. The molecule has 0 radical (unpaired) electrons. The molecule has 0 aliphatic heterocycles. The molecule has 0 saturated heterocycles. The second-order valence-corrected chi connectivity index (χ2v) is 12.4. The summed E-state index contributed by atoms with van der Waals surface area (Å²) in [6.07, 6.45) is 17.4. The van der Waals surface area contributed by atoms with E-state index in [1.54, 1.807) is 12.3 Å². The van der Waals surface area contributed by atoms with Crippen LogP contribution in [0.3, 0.4) is 0 Å². The molecule has 2 heterocycles. The highest BCUT2D eigenvalue weighted by molar-refractivity contribution is 5.42. The number of hydrogen-bond acceptors (Lipinski definition) is 6. The number of aromatic nitrogens is 2. The number of nitrogens with one attached hydrogen (secondary N) is 1. The van der Waals surface area contributed by atoms with Gasteiger partial charge in [-0.25, -0.2) is 4.98 Å². The minimum Gasteiger partial charge on any atom is -0.504 e. The number of aromatic hydroxyl groups is 1. The summed E-state index contributed by atoms with van der Waals surface area (Å²) in [5, 5.41) is 32.3. The highest BCUT2D eigenvalue weighted by Crippen LogP contribution is 2.40. The number of benzene rings is 1. The Labute approximate surface area is 249 Å². The van der Waals surface area contributed by atoms with Crippen LogP contribution in [-0.2, 0) is 12.8 Å². The van der Waals surface area contributed by atoms with Crippen molar-refractivity contribution in [1.29, 1.82) is 0 Å². The summed E-state index contributed by atoms with van der Waals surface area (Å²) in [5.74, 6) is 2.83. The van der Waals surface area contributed by atoms with Gasteiger partial charge in [0, 0.05) is 18.1 Å². The summed E-state index contributed by atoms with van der Waals surface area (Å²) in [7, 11) is 0. The number of aliphatic hydroxyl groups excluding tert-OH is 2. The van der Waals surface area contributed by atoms with Crippen molar-refractivity contribution in [1.82, 2.24) is 9.97 Å². The SMILES string of the molecule is Nc1cc([C@H](CCOc2cc(CC[C@@H](O)C[C@@H](O)[C@@H]3CCC[C@@H]4CCC=C[C@@H]4C3)ccc2O)Cc2ccc[nH]2)ccn1. The molecule has 3 aromatic rings. The first-order chi connectivity index (χ1) is 20.4. The Morgan fingerprint density at radius 1 is 1.07 bits per heavy atom. The number of nitrogens with zero attached hydrogens (tertiary/aromatic N) is 1. The number of nitrogens with two attached hydrogens (primary N) is 1. The molecule has 0 unspecified atom stereocenters. The molecule has 0 spiro atoms. The summed E-state index contributed by atoms with van der Waals surface area (Å²) >= 11 is 0. The monoisotopic (exact) mass is 573 g/mol. The van der Waals surface area contributed by atoms with Gasteiger partial charge in [0.05, 0.1) is 18.8 Å². The van der Waals surface area contributed by atoms with Crippen LogP contribution in [0.5, 0.6) is 11.5 Å². The first kappa shape index (κ1) is 30.2. The number of phenolic OH excluding ortho intramolecular Hbond substituents is 1. The molecule has 6 N–H and O–H groups in total. The Balaban J connectivity index is 1.12. The van der Waals surface area contributed by atoms with Crippen LogP contribution in [-0.4, -0.2) is 44.1 Å². The maximum absolute atomic E-state index is 11.0. The molecular formula is C35H47N3O4. The number of ether oxygens (including phenoxy) is 1. The Bertz CT molecular complexity index is 1280. The minimum absolute atomic E-state index is 0.104. The lowest BCUT2D eigenvalue weighted by atomic mass is 9.78. The van der Waals surface area contributed by atoms with Gasteiger partial charge in [-0.15, -0.1) is 0 Å². The number of H-pyrrole nitrogens is 1. The Hall–Kier alpha value is -3.29. The van der Waals surface area contributed by atoms with Crippen LogP contribution in [0, 0.1) is 17.8 Å². The molecule has 2 aromatic heterocycles. The van der Waals surface area contributed by atoms with Gasteiger partial charge >= 0.3 is 0 Å². The van der Waals surface area contributed by atoms with Crippen LogP contribution >= 0.6 is 0 Å². The van der Waals surface area contributed by atoms with Crippen LogP contribution in [0.1, 0.15) is 80.5 Å². The molecule has 1 aromatic carbocycles. The highest BCUT2D eigenvalue weighted by atomic mass is 16.5. The normalized spacial score (nSPS) is 22.6. The molecule has 0 amide bonds. The summed E-state index contributed by atoms with van der Waals surface area (Å²) in [6.45, 7) is 0.428. The molecule has 226 valence electrons. The molecule has 1 fully saturated rings. The van der Waals surface area contributed by atoms with Gasteiger partial charge in [0.15, 0.2) is 11.5 Å². The van der Waals surface area contributed by atoms with Gasteiger partial charge < -0.3 is 30.8 Å². The van der Waals surface area contributed by atoms with Crippen LogP contribution in [0.25, 0.3) is 0 Å². The third-order valence-electron chi connectivity index (χ3n) is 9.39. The fourth-order valence-corrected chi connectivity index (χ4v) is 6.97. The summed E-state index contributed by atoms with van der Waals surface area (Å²) < 4.78 is 6.07. The third-order valence-corrected chi connectivity index (χ3v) is 9.39. The summed E-state index contributed by atoms with van der Waals surface area (Å²) in [4.78, 5) is 7.40.